The van der Waals surface area contributed by atoms with Crippen LogP contribution >= 0.6 is 15.9 Å². The van der Waals surface area contributed by atoms with E-state index in [2.05, 4.69) is 20.9 Å². The second-order valence-electron chi connectivity index (χ2n) is 4.91. The summed E-state index contributed by atoms with van der Waals surface area (Å²) < 4.78 is 10.9. The third kappa shape index (κ3) is 2.92. The Hall–Kier alpha value is -2.40. The number of hydrogen-bond donors (Lipinski definition) is 0. The summed E-state index contributed by atoms with van der Waals surface area (Å²) in [4.78, 5) is 16.2. The fourth-order valence-electron chi connectivity index (χ4n) is 2.36. The number of ether oxygens (including phenoxy) is 2. The van der Waals surface area contributed by atoms with Crippen molar-refractivity contribution in [1.29, 1.82) is 0 Å². The van der Waals surface area contributed by atoms with E-state index in [1.54, 1.807) is 19.2 Å². The predicted molar refractivity (Wildman–Crippen MR) is 92.8 cm³/mol. The zero-order valence-electron chi connectivity index (χ0n) is 12.7. The number of carbonyl (C=O) groups excluding carboxylic acids is 1. The van der Waals surface area contributed by atoms with E-state index < -0.39 is 0 Å². The van der Waals surface area contributed by atoms with Gasteiger partial charge in [0.05, 0.1) is 35.5 Å². The van der Waals surface area contributed by atoms with Crippen LogP contribution in [0.5, 0.6) is 5.75 Å². The van der Waals surface area contributed by atoms with Gasteiger partial charge in [0.15, 0.2) is 0 Å². The molecule has 3 aromatic rings. The quantitative estimate of drug-likeness (QED) is 0.637. The van der Waals surface area contributed by atoms with Gasteiger partial charge in [-0.1, -0.05) is 12.1 Å². The van der Waals surface area contributed by atoms with Crippen molar-refractivity contribution in [3.05, 3.63) is 58.6 Å². The van der Waals surface area contributed by atoms with Gasteiger partial charge in [0.1, 0.15) is 5.75 Å². The summed E-state index contributed by atoms with van der Waals surface area (Å²) in [7, 11) is 3.00. The lowest BCUT2D eigenvalue weighted by Gasteiger charge is -2.08. The highest BCUT2D eigenvalue weighted by Crippen LogP contribution is 2.33. The normalized spacial score (nSPS) is 10.6. The molecular formula is C18H14BrNO3. The number of hydrogen-bond acceptors (Lipinski definition) is 4. The number of fused-ring (bicyclic) bond motifs is 1. The second-order valence-corrected chi connectivity index (χ2v) is 5.71. The topological polar surface area (TPSA) is 48.4 Å². The van der Waals surface area contributed by atoms with Crippen molar-refractivity contribution in [2.24, 2.45) is 0 Å². The molecule has 0 amide bonds. The van der Waals surface area contributed by atoms with Gasteiger partial charge >= 0.3 is 5.97 Å². The Kier molecular flexibility index (Phi) is 4.30. The molecule has 5 heteroatoms. The maximum Gasteiger partial charge on any atom is 0.337 e. The van der Waals surface area contributed by atoms with Crippen LogP contribution in [-0.4, -0.2) is 25.2 Å². The first-order valence-electron chi connectivity index (χ1n) is 6.96. The van der Waals surface area contributed by atoms with Crippen molar-refractivity contribution < 1.29 is 14.3 Å². The molecule has 0 spiro atoms. The molecule has 0 radical (unpaired) electrons. The van der Waals surface area contributed by atoms with E-state index in [1.165, 1.54) is 7.11 Å². The second kappa shape index (κ2) is 6.38. The molecule has 0 aliphatic heterocycles. The minimum Gasteiger partial charge on any atom is -0.496 e. The average Bonchev–Trinajstić information content (AvgIpc) is 2.61. The van der Waals surface area contributed by atoms with Crippen LogP contribution in [0.2, 0.25) is 0 Å². The van der Waals surface area contributed by atoms with Crippen molar-refractivity contribution in [2.75, 3.05) is 14.2 Å². The molecule has 0 saturated heterocycles. The van der Waals surface area contributed by atoms with E-state index in [9.17, 15) is 4.79 Å². The molecule has 4 nitrogen and oxygen atoms in total. The van der Waals surface area contributed by atoms with Gasteiger partial charge in [0.2, 0.25) is 0 Å². The fourth-order valence-corrected chi connectivity index (χ4v) is 2.99. The van der Waals surface area contributed by atoms with Gasteiger partial charge in [-0.05, 0) is 52.3 Å². The zero-order valence-corrected chi connectivity index (χ0v) is 14.3. The largest absolute Gasteiger partial charge is 0.496 e. The Labute approximate surface area is 142 Å². The molecule has 1 aromatic heterocycles. The molecule has 0 aliphatic rings. The molecule has 0 fully saturated rings. The molecule has 2 aromatic carbocycles. The van der Waals surface area contributed by atoms with Gasteiger partial charge in [-0.15, -0.1) is 0 Å². The first-order chi connectivity index (χ1) is 11.1. The van der Waals surface area contributed by atoms with Crippen LogP contribution in [0.15, 0.2) is 53.0 Å². The summed E-state index contributed by atoms with van der Waals surface area (Å²) in [6, 6.07) is 14.9. The standard InChI is InChI=1S/C18H14BrNO3/c1-22-16-10-9-15-13(17(16)19)7-8-14(20-15)11-3-5-12(6-4-11)18(21)23-2/h3-10H,1-2H3. The third-order valence-corrected chi connectivity index (χ3v) is 4.41. The lowest BCUT2D eigenvalue weighted by Crippen LogP contribution is -2.00. The molecule has 0 N–H and O–H groups in total. The number of methoxy groups -OCH3 is 2. The number of aromatic nitrogens is 1. The maximum absolute atomic E-state index is 11.5. The third-order valence-electron chi connectivity index (χ3n) is 3.59. The van der Waals surface area contributed by atoms with E-state index in [1.807, 2.05) is 36.4 Å². The van der Waals surface area contributed by atoms with E-state index in [0.29, 0.717) is 5.56 Å². The van der Waals surface area contributed by atoms with E-state index in [4.69, 9.17) is 9.47 Å². The Balaban J connectivity index is 2.02. The molecule has 0 aliphatic carbocycles. The molecular weight excluding hydrogens is 358 g/mol. The Morgan fingerprint density at radius 1 is 1.00 bits per heavy atom. The monoisotopic (exact) mass is 371 g/mol. The number of nitrogens with zero attached hydrogens (tertiary/aromatic N) is 1. The van der Waals surface area contributed by atoms with E-state index in [0.717, 1.165) is 32.4 Å². The summed E-state index contributed by atoms with van der Waals surface area (Å²) in [5.74, 6) is 0.425. The number of esters is 1. The highest BCUT2D eigenvalue weighted by molar-refractivity contribution is 9.10. The number of pyridine rings is 1. The molecule has 0 atom stereocenters. The predicted octanol–water partition coefficient (Wildman–Crippen LogP) is 4.46. The van der Waals surface area contributed by atoms with Gasteiger partial charge in [0, 0.05) is 10.9 Å². The lowest BCUT2D eigenvalue weighted by atomic mass is 10.1. The molecule has 0 saturated carbocycles. The Morgan fingerprint density at radius 3 is 2.39 bits per heavy atom. The minimum atomic E-state index is -0.348. The molecule has 0 bridgehead atoms. The van der Waals surface area contributed by atoms with Crippen molar-refractivity contribution in [3.8, 4) is 17.0 Å². The summed E-state index contributed by atoms with van der Waals surface area (Å²) >= 11 is 3.54. The van der Waals surface area contributed by atoms with Gasteiger partial charge in [0.25, 0.3) is 0 Å². The summed E-state index contributed by atoms with van der Waals surface area (Å²) in [5, 5.41) is 0.985. The van der Waals surface area contributed by atoms with Crippen LogP contribution in [0, 0.1) is 0 Å². The molecule has 3 rings (SSSR count). The number of carbonyl (C=O) groups is 1. The van der Waals surface area contributed by atoms with Gasteiger partial charge in [-0.3, -0.25) is 0 Å². The fraction of sp³-hybridized carbons (Fsp3) is 0.111. The first kappa shape index (κ1) is 15.5. The van der Waals surface area contributed by atoms with Crippen LogP contribution < -0.4 is 4.74 Å². The average molecular weight is 372 g/mol. The van der Waals surface area contributed by atoms with E-state index >= 15 is 0 Å². The first-order valence-corrected chi connectivity index (χ1v) is 7.75. The highest BCUT2D eigenvalue weighted by Gasteiger charge is 2.09. The maximum atomic E-state index is 11.5. The van der Waals surface area contributed by atoms with Crippen LogP contribution in [0.25, 0.3) is 22.2 Å². The van der Waals surface area contributed by atoms with Gasteiger partial charge < -0.3 is 9.47 Å². The summed E-state index contributed by atoms with van der Waals surface area (Å²) in [6.07, 6.45) is 0. The zero-order chi connectivity index (χ0) is 16.4. The van der Waals surface area contributed by atoms with Crippen LogP contribution in [0.3, 0.4) is 0 Å². The Morgan fingerprint density at radius 2 is 1.74 bits per heavy atom. The number of halogens is 1. The van der Waals surface area contributed by atoms with Crippen LogP contribution in [0.4, 0.5) is 0 Å². The van der Waals surface area contributed by atoms with Gasteiger partial charge in [-0.2, -0.15) is 0 Å². The molecule has 0 unspecified atom stereocenters. The summed E-state index contributed by atoms with van der Waals surface area (Å²) in [5.41, 5.74) is 3.16. The van der Waals surface area contributed by atoms with Crippen molar-refractivity contribution in [3.63, 3.8) is 0 Å². The van der Waals surface area contributed by atoms with Crippen molar-refractivity contribution in [2.45, 2.75) is 0 Å². The lowest BCUT2D eigenvalue weighted by molar-refractivity contribution is 0.0601. The summed E-state index contributed by atoms with van der Waals surface area (Å²) in [6.45, 7) is 0. The van der Waals surface area contributed by atoms with Crippen molar-refractivity contribution >= 4 is 32.8 Å². The number of rotatable bonds is 3. The number of benzene rings is 2. The smallest absolute Gasteiger partial charge is 0.337 e. The molecule has 1 heterocycles. The van der Waals surface area contributed by atoms with Crippen LogP contribution in [-0.2, 0) is 4.74 Å². The van der Waals surface area contributed by atoms with E-state index in [-0.39, 0.29) is 5.97 Å². The molecule has 23 heavy (non-hydrogen) atoms. The van der Waals surface area contributed by atoms with Crippen LogP contribution in [0.1, 0.15) is 10.4 Å². The Bertz CT molecular complexity index is 875. The molecule has 116 valence electrons. The SMILES string of the molecule is COC(=O)c1ccc(-c2ccc3c(Br)c(OC)ccc3n2)cc1. The highest BCUT2D eigenvalue weighted by atomic mass is 79.9. The van der Waals surface area contributed by atoms with Crippen molar-refractivity contribution in [1.82, 2.24) is 4.98 Å². The minimum absolute atomic E-state index is 0.348. The van der Waals surface area contributed by atoms with Gasteiger partial charge in [-0.25, -0.2) is 9.78 Å².